The number of halogens is 1. The third-order valence-corrected chi connectivity index (χ3v) is 9.99. The molecule has 6 nitrogen and oxygen atoms in total. The molecule has 1 heterocycles. The lowest BCUT2D eigenvalue weighted by molar-refractivity contribution is -0.132. The maximum absolute atomic E-state index is 13.1. The maximum atomic E-state index is 13.1. The van der Waals surface area contributed by atoms with Crippen LogP contribution >= 0.6 is 0 Å². The summed E-state index contributed by atoms with van der Waals surface area (Å²) >= 11 is 0. The summed E-state index contributed by atoms with van der Waals surface area (Å²) in [6, 6.07) is 4.67. The minimum atomic E-state index is -3.65. The number of nitrogens with one attached hydrogen (secondary N) is 1. The number of amides is 1. The minimum absolute atomic E-state index is 0.00611. The quantitative estimate of drug-likeness (QED) is 0.750. The van der Waals surface area contributed by atoms with E-state index >= 15 is 0 Å². The Morgan fingerprint density at radius 2 is 1.52 bits per heavy atom. The normalized spacial score (nSPS) is 34.6. The highest BCUT2D eigenvalue weighted by molar-refractivity contribution is 7.89. The molecule has 1 atom stereocenters. The van der Waals surface area contributed by atoms with Gasteiger partial charge >= 0.3 is 0 Å². The largest absolute Gasteiger partial charge is 0.349 e. The number of carbonyl (C=O) groups is 1. The number of piperazine rings is 1. The molecule has 1 N–H and O–H groups in total. The molecule has 5 fully saturated rings. The van der Waals surface area contributed by atoms with E-state index < -0.39 is 15.8 Å². The van der Waals surface area contributed by atoms with Crippen molar-refractivity contribution in [3.63, 3.8) is 0 Å². The van der Waals surface area contributed by atoms with Crippen molar-refractivity contribution in [3.8, 4) is 0 Å². The van der Waals surface area contributed by atoms with Gasteiger partial charge in [-0.2, -0.15) is 4.31 Å². The van der Waals surface area contributed by atoms with Crippen LogP contribution in [0.4, 0.5) is 4.39 Å². The highest BCUT2D eigenvalue weighted by atomic mass is 32.2. The molecule has 0 radical (unpaired) electrons. The lowest BCUT2D eigenvalue weighted by atomic mass is 9.53. The fraction of sp³-hybridized carbons (Fsp3) is 0.696. The van der Waals surface area contributed by atoms with Crippen LogP contribution in [0, 0.1) is 23.6 Å². The lowest BCUT2D eigenvalue weighted by Gasteiger charge is -2.57. The Hall–Kier alpha value is -1.51. The second-order valence-electron chi connectivity index (χ2n) is 10.3. The summed E-state index contributed by atoms with van der Waals surface area (Å²) in [5.74, 6) is 1.96. The molecule has 4 bridgehead atoms. The van der Waals surface area contributed by atoms with Gasteiger partial charge in [0.1, 0.15) is 5.82 Å². The van der Waals surface area contributed by atoms with E-state index in [1.807, 2.05) is 6.92 Å². The van der Waals surface area contributed by atoms with E-state index in [0.29, 0.717) is 26.2 Å². The molecule has 4 saturated carbocycles. The number of hydrogen-bond acceptors (Lipinski definition) is 4. The van der Waals surface area contributed by atoms with Crippen molar-refractivity contribution in [1.29, 1.82) is 0 Å². The molecule has 1 aromatic rings. The number of nitrogens with zero attached hydrogens (tertiary/aromatic N) is 2. The molecule has 0 spiro atoms. The summed E-state index contributed by atoms with van der Waals surface area (Å²) in [5, 5.41) is 3.45. The molecule has 31 heavy (non-hydrogen) atoms. The molecular weight excluding hydrogens is 417 g/mol. The summed E-state index contributed by atoms with van der Waals surface area (Å²) in [7, 11) is -3.65. The second kappa shape index (κ2) is 7.81. The lowest BCUT2D eigenvalue weighted by Crippen LogP contribution is -2.63. The van der Waals surface area contributed by atoms with Gasteiger partial charge in [0.15, 0.2) is 0 Å². The zero-order chi connectivity index (χ0) is 21.8. The molecule has 1 aliphatic heterocycles. The Morgan fingerprint density at radius 3 is 2.03 bits per heavy atom. The van der Waals surface area contributed by atoms with E-state index in [0.717, 1.165) is 37.0 Å². The number of benzene rings is 1. The van der Waals surface area contributed by atoms with Crippen molar-refractivity contribution < 1.29 is 17.6 Å². The van der Waals surface area contributed by atoms with Crippen LogP contribution in [-0.2, 0) is 14.8 Å². The van der Waals surface area contributed by atoms with Crippen molar-refractivity contribution in [2.24, 2.45) is 17.8 Å². The second-order valence-corrected chi connectivity index (χ2v) is 12.2. The monoisotopic (exact) mass is 449 g/mol. The van der Waals surface area contributed by atoms with Crippen molar-refractivity contribution >= 4 is 15.9 Å². The van der Waals surface area contributed by atoms with Crippen LogP contribution in [-0.4, -0.2) is 61.3 Å². The first-order valence-electron chi connectivity index (χ1n) is 11.6. The maximum Gasteiger partial charge on any atom is 0.243 e. The van der Waals surface area contributed by atoms with Gasteiger partial charge in [0, 0.05) is 31.7 Å². The molecule has 1 saturated heterocycles. The van der Waals surface area contributed by atoms with Crippen molar-refractivity contribution in [3.05, 3.63) is 30.1 Å². The summed E-state index contributed by atoms with van der Waals surface area (Å²) < 4.78 is 40.2. The zero-order valence-electron chi connectivity index (χ0n) is 18.1. The topological polar surface area (TPSA) is 69.7 Å². The number of carbonyl (C=O) groups excluding carboxylic acids is 1. The van der Waals surface area contributed by atoms with E-state index in [9.17, 15) is 17.6 Å². The van der Waals surface area contributed by atoms with Gasteiger partial charge in [-0.05, 0) is 87.5 Å². The van der Waals surface area contributed by atoms with E-state index in [1.165, 1.54) is 47.8 Å². The molecule has 6 rings (SSSR count). The fourth-order valence-electron chi connectivity index (χ4n) is 6.88. The molecule has 0 unspecified atom stereocenters. The van der Waals surface area contributed by atoms with Crippen molar-refractivity contribution in [1.82, 2.24) is 14.5 Å². The van der Waals surface area contributed by atoms with Crippen LogP contribution < -0.4 is 5.32 Å². The Morgan fingerprint density at radius 1 is 1.00 bits per heavy atom. The highest BCUT2D eigenvalue weighted by Crippen LogP contribution is 2.55. The van der Waals surface area contributed by atoms with Gasteiger partial charge in [-0.3, -0.25) is 9.69 Å². The predicted molar refractivity (Wildman–Crippen MR) is 115 cm³/mol. The number of hydrogen-bond donors (Lipinski definition) is 1. The van der Waals surface area contributed by atoms with E-state index in [-0.39, 0.29) is 22.4 Å². The van der Waals surface area contributed by atoms with Gasteiger partial charge in [0.25, 0.3) is 0 Å². The highest BCUT2D eigenvalue weighted by Gasteiger charge is 2.52. The van der Waals surface area contributed by atoms with E-state index in [2.05, 4.69) is 10.2 Å². The minimum Gasteiger partial charge on any atom is -0.349 e. The number of rotatable bonds is 5. The number of sulfonamides is 1. The van der Waals surface area contributed by atoms with Crippen LogP contribution in [0.3, 0.4) is 0 Å². The van der Waals surface area contributed by atoms with Crippen LogP contribution in [0.25, 0.3) is 0 Å². The predicted octanol–water partition coefficient (Wildman–Crippen LogP) is 2.61. The van der Waals surface area contributed by atoms with Gasteiger partial charge in [-0.25, -0.2) is 12.8 Å². The molecule has 0 aromatic heterocycles. The average Bonchev–Trinajstić information content (AvgIpc) is 2.72. The van der Waals surface area contributed by atoms with Crippen molar-refractivity contribution in [2.45, 2.75) is 61.9 Å². The van der Waals surface area contributed by atoms with Gasteiger partial charge in [0.2, 0.25) is 15.9 Å². The Bertz CT molecular complexity index is 906. The van der Waals surface area contributed by atoms with E-state index in [4.69, 9.17) is 0 Å². The molecule has 1 amide bonds. The molecule has 4 aliphatic carbocycles. The van der Waals surface area contributed by atoms with E-state index in [1.54, 1.807) is 0 Å². The van der Waals surface area contributed by atoms with Gasteiger partial charge < -0.3 is 5.32 Å². The average molecular weight is 450 g/mol. The molecule has 1 aromatic carbocycles. The van der Waals surface area contributed by atoms with Gasteiger partial charge in [0.05, 0.1) is 10.9 Å². The smallest absolute Gasteiger partial charge is 0.243 e. The summed E-state index contributed by atoms with van der Waals surface area (Å²) in [5.41, 5.74) is -0.00611. The molecular formula is C23H32FN3O3S. The summed E-state index contributed by atoms with van der Waals surface area (Å²) in [4.78, 5) is 15.3. The SMILES string of the molecule is C[C@H](C(=O)NC12CC3CC(CC(C3)C1)C2)N1CCN(S(=O)(=O)c2ccc(F)cc2)CC1. The summed E-state index contributed by atoms with van der Waals surface area (Å²) in [6.45, 7) is 3.61. The van der Waals surface area contributed by atoms with Crippen LogP contribution in [0.1, 0.15) is 45.4 Å². The Balaban J connectivity index is 1.19. The van der Waals surface area contributed by atoms with Crippen LogP contribution in [0.2, 0.25) is 0 Å². The van der Waals surface area contributed by atoms with Gasteiger partial charge in [-0.1, -0.05) is 0 Å². The Kier molecular flexibility index (Phi) is 5.38. The fourth-order valence-corrected chi connectivity index (χ4v) is 8.30. The summed E-state index contributed by atoms with van der Waals surface area (Å²) in [6.07, 6.45) is 7.41. The van der Waals surface area contributed by atoms with Gasteiger partial charge in [-0.15, -0.1) is 0 Å². The first-order chi connectivity index (χ1) is 14.7. The molecule has 5 aliphatic rings. The first-order valence-corrected chi connectivity index (χ1v) is 13.0. The molecule has 8 heteroatoms. The van der Waals surface area contributed by atoms with Crippen LogP contribution in [0.5, 0.6) is 0 Å². The molecule has 170 valence electrons. The van der Waals surface area contributed by atoms with Crippen molar-refractivity contribution in [2.75, 3.05) is 26.2 Å². The first kappa shape index (κ1) is 21.3. The van der Waals surface area contributed by atoms with Crippen LogP contribution in [0.15, 0.2) is 29.2 Å². The zero-order valence-corrected chi connectivity index (χ0v) is 18.9. The Labute approximate surface area is 184 Å². The third-order valence-electron chi connectivity index (χ3n) is 8.08. The third kappa shape index (κ3) is 4.02. The standard InChI is InChI=1S/C23H32FN3O3S/c1-16(22(28)25-23-13-17-10-18(14-23)12-19(11-17)15-23)26-6-8-27(9-7-26)31(29,30)21-4-2-20(24)3-5-21/h2-5,16-19H,6-15H2,1H3,(H,25,28)/t16-,17?,18?,19?,23?/m1/s1.